The molecule has 126 valence electrons. The van der Waals surface area contributed by atoms with E-state index in [2.05, 4.69) is 56.3 Å². The van der Waals surface area contributed by atoms with Gasteiger partial charge in [0.15, 0.2) is 0 Å². The number of phenols is 1. The van der Waals surface area contributed by atoms with Gasteiger partial charge in [0.2, 0.25) is 0 Å². The van der Waals surface area contributed by atoms with Crippen LogP contribution in [0.1, 0.15) is 48.1 Å². The van der Waals surface area contributed by atoms with Crippen LogP contribution in [0.5, 0.6) is 5.75 Å². The fraction of sp³-hybridized carbons (Fsp3) is 0.381. The van der Waals surface area contributed by atoms with Crippen LogP contribution in [0.25, 0.3) is 0 Å². The Morgan fingerprint density at radius 1 is 1.12 bits per heavy atom. The lowest BCUT2D eigenvalue weighted by Crippen LogP contribution is -2.31. The Hall–Kier alpha value is -2.29. The van der Waals surface area contributed by atoms with Crippen molar-refractivity contribution in [3.63, 3.8) is 0 Å². The van der Waals surface area contributed by atoms with Crippen molar-refractivity contribution in [1.82, 2.24) is 0 Å². The first-order valence-corrected chi connectivity index (χ1v) is 8.46. The molecule has 0 bridgehead atoms. The summed E-state index contributed by atoms with van der Waals surface area (Å²) in [5.41, 5.74) is 6.35. The summed E-state index contributed by atoms with van der Waals surface area (Å²) in [6.45, 7) is 8.82. The van der Waals surface area contributed by atoms with Gasteiger partial charge in [-0.15, -0.1) is 0 Å². The van der Waals surface area contributed by atoms with Gasteiger partial charge in [0, 0.05) is 11.0 Å². The third kappa shape index (κ3) is 3.30. The molecule has 0 aliphatic heterocycles. The topological polar surface area (TPSA) is 41.8 Å². The molecular formula is C21H25NO2. The van der Waals surface area contributed by atoms with Crippen molar-refractivity contribution < 1.29 is 9.94 Å². The summed E-state index contributed by atoms with van der Waals surface area (Å²) in [7, 11) is 0. The van der Waals surface area contributed by atoms with E-state index in [0.717, 1.165) is 35.2 Å². The monoisotopic (exact) mass is 323 g/mol. The van der Waals surface area contributed by atoms with E-state index >= 15 is 0 Å². The Balaban J connectivity index is 1.87. The minimum atomic E-state index is -0.0675. The standard InChI is InChI=1S/C21H25NO2/c1-14-5-7-16(8-6-14)13-24-22-20-18-12-19(23)15(2)11-17(18)9-10-21(20,3)4/h5-8,11-12,23H,9-10,13H2,1-4H3/b22-20-. The van der Waals surface area contributed by atoms with Crippen molar-refractivity contribution >= 4 is 5.71 Å². The van der Waals surface area contributed by atoms with Gasteiger partial charge in [-0.05, 0) is 49.4 Å². The van der Waals surface area contributed by atoms with Crippen molar-refractivity contribution in [3.8, 4) is 5.75 Å². The van der Waals surface area contributed by atoms with E-state index in [9.17, 15) is 5.11 Å². The minimum Gasteiger partial charge on any atom is -0.508 e. The van der Waals surface area contributed by atoms with Crippen molar-refractivity contribution in [3.05, 3.63) is 64.2 Å². The zero-order valence-corrected chi connectivity index (χ0v) is 14.9. The quantitative estimate of drug-likeness (QED) is 0.816. The van der Waals surface area contributed by atoms with E-state index in [1.54, 1.807) is 0 Å². The number of phenolic OH excluding ortho intramolecular Hbond substituents is 1. The molecule has 0 fully saturated rings. The average molecular weight is 323 g/mol. The maximum Gasteiger partial charge on any atom is 0.142 e. The number of hydrogen-bond acceptors (Lipinski definition) is 3. The molecule has 0 radical (unpaired) electrons. The molecule has 0 heterocycles. The highest BCUT2D eigenvalue weighted by Gasteiger charge is 2.33. The summed E-state index contributed by atoms with van der Waals surface area (Å²) >= 11 is 0. The van der Waals surface area contributed by atoms with Crippen LogP contribution in [0.3, 0.4) is 0 Å². The Kier molecular flexibility index (Phi) is 4.35. The first-order chi connectivity index (χ1) is 11.4. The van der Waals surface area contributed by atoms with Crippen LogP contribution in [0.15, 0.2) is 41.6 Å². The molecule has 0 aromatic heterocycles. The Labute approximate surface area is 144 Å². The first kappa shape index (κ1) is 16.6. The SMILES string of the molecule is Cc1ccc(CO/N=C2/c3cc(O)c(C)cc3CCC2(C)C)cc1. The second-order valence-corrected chi connectivity index (χ2v) is 7.38. The van der Waals surface area contributed by atoms with E-state index < -0.39 is 0 Å². The fourth-order valence-corrected chi connectivity index (χ4v) is 3.14. The summed E-state index contributed by atoms with van der Waals surface area (Å²) in [6, 6.07) is 12.2. The lowest BCUT2D eigenvalue weighted by Gasteiger charge is -2.32. The lowest BCUT2D eigenvalue weighted by atomic mass is 9.72. The summed E-state index contributed by atoms with van der Waals surface area (Å²) in [6.07, 6.45) is 2.03. The molecule has 2 aromatic rings. The number of aromatic hydroxyl groups is 1. The van der Waals surface area contributed by atoms with Crippen molar-refractivity contribution in [2.24, 2.45) is 10.6 Å². The van der Waals surface area contributed by atoms with Gasteiger partial charge in [0.25, 0.3) is 0 Å². The molecule has 3 rings (SSSR count). The van der Waals surface area contributed by atoms with Crippen LogP contribution >= 0.6 is 0 Å². The second kappa shape index (κ2) is 6.31. The normalized spacial score (nSPS) is 17.6. The summed E-state index contributed by atoms with van der Waals surface area (Å²) in [5, 5.41) is 14.6. The highest BCUT2D eigenvalue weighted by molar-refractivity contribution is 6.06. The average Bonchev–Trinajstić information content (AvgIpc) is 2.53. The molecule has 0 saturated carbocycles. The van der Waals surface area contributed by atoms with E-state index in [4.69, 9.17) is 4.84 Å². The zero-order valence-electron chi connectivity index (χ0n) is 14.9. The van der Waals surface area contributed by atoms with Gasteiger partial charge in [0.1, 0.15) is 12.4 Å². The number of hydrogen-bond donors (Lipinski definition) is 1. The summed E-state index contributed by atoms with van der Waals surface area (Å²) < 4.78 is 0. The molecular weight excluding hydrogens is 298 g/mol. The molecule has 0 saturated heterocycles. The Morgan fingerprint density at radius 2 is 1.83 bits per heavy atom. The molecule has 3 nitrogen and oxygen atoms in total. The number of oxime groups is 1. The van der Waals surface area contributed by atoms with E-state index in [0.29, 0.717) is 12.4 Å². The van der Waals surface area contributed by atoms with Gasteiger partial charge in [-0.2, -0.15) is 0 Å². The van der Waals surface area contributed by atoms with Gasteiger partial charge in [-0.3, -0.25) is 0 Å². The largest absolute Gasteiger partial charge is 0.508 e. The summed E-state index contributed by atoms with van der Waals surface area (Å²) in [5.74, 6) is 0.317. The van der Waals surface area contributed by atoms with Crippen molar-refractivity contribution in [1.29, 1.82) is 0 Å². The molecule has 1 N–H and O–H groups in total. The maximum absolute atomic E-state index is 10.1. The lowest BCUT2D eigenvalue weighted by molar-refractivity contribution is 0.127. The van der Waals surface area contributed by atoms with Gasteiger partial charge in [-0.1, -0.05) is 54.9 Å². The highest BCUT2D eigenvalue weighted by Crippen LogP contribution is 2.38. The summed E-state index contributed by atoms with van der Waals surface area (Å²) in [4.78, 5) is 5.67. The van der Waals surface area contributed by atoms with Crippen LogP contribution in [-0.4, -0.2) is 10.8 Å². The third-order valence-corrected chi connectivity index (χ3v) is 4.84. The van der Waals surface area contributed by atoms with Crippen LogP contribution in [0, 0.1) is 19.3 Å². The van der Waals surface area contributed by atoms with Crippen LogP contribution < -0.4 is 0 Å². The molecule has 0 amide bonds. The molecule has 1 aliphatic carbocycles. The number of nitrogens with zero attached hydrogens (tertiary/aromatic N) is 1. The van der Waals surface area contributed by atoms with Crippen molar-refractivity contribution in [2.75, 3.05) is 0 Å². The first-order valence-electron chi connectivity index (χ1n) is 8.46. The van der Waals surface area contributed by atoms with E-state index in [-0.39, 0.29) is 5.41 Å². The predicted octanol–water partition coefficient (Wildman–Crippen LogP) is 4.90. The number of aryl methyl sites for hydroxylation is 3. The Morgan fingerprint density at radius 3 is 2.54 bits per heavy atom. The molecule has 3 heteroatoms. The molecule has 0 unspecified atom stereocenters. The van der Waals surface area contributed by atoms with Crippen molar-refractivity contribution in [2.45, 2.75) is 47.1 Å². The van der Waals surface area contributed by atoms with Gasteiger partial charge < -0.3 is 9.94 Å². The highest BCUT2D eigenvalue weighted by atomic mass is 16.6. The van der Waals surface area contributed by atoms with E-state index in [1.165, 1.54) is 11.1 Å². The minimum absolute atomic E-state index is 0.0675. The number of benzene rings is 2. The van der Waals surface area contributed by atoms with Gasteiger partial charge >= 0.3 is 0 Å². The smallest absolute Gasteiger partial charge is 0.142 e. The number of fused-ring (bicyclic) bond motifs is 1. The molecule has 24 heavy (non-hydrogen) atoms. The molecule has 1 aliphatic rings. The zero-order chi connectivity index (χ0) is 17.3. The molecule has 2 aromatic carbocycles. The van der Waals surface area contributed by atoms with Crippen LogP contribution in [0.2, 0.25) is 0 Å². The number of rotatable bonds is 3. The Bertz CT molecular complexity index is 773. The second-order valence-electron chi connectivity index (χ2n) is 7.38. The molecule has 0 atom stereocenters. The third-order valence-electron chi connectivity index (χ3n) is 4.84. The van der Waals surface area contributed by atoms with Crippen LogP contribution in [0.4, 0.5) is 0 Å². The molecule has 0 spiro atoms. The van der Waals surface area contributed by atoms with E-state index in [1.807, 2.05) is 13.0 Å². The van der Waals surface area contributed by atoms with Crippen LogP contribution in [-0.2, 0) is 17.9 Å². The fourth-order valence-electron chi connectivity index (χ4n) is 3.14. The maximum atomic E-state index is 10.1. The predicted molar refractivity (Wildman–Crippen MR) is 97.5 cm³/mol. The van der Waals surface area contributed by atoms with Gasteiger partial charge in [0.05, 0.1) is 5.71 Å². The van der Waals surface area contributed by atoms with Gasteiger partial charge in [-0.25, -0.2) is 0 Å².